The summed E-state index contributed by atoms with van der Waals surface area (Å²) in [5.74, 6) is 0.0338. The highest BCUT2D eigenvalue weighted by atomic mass is 79.9. The van der Waals surface area contributed by atoms with E-state index in [1.54, 1.807) is 0 Å². The highest BCUT2D eigenvalue weighted by Gasteiger charge is 2.14. The summed E-state index contributed by atoms with van der Waals surface area (Å²) < 4.78 is 5.79. The first-order valence-electron chi connectivity index (χ1n) is 11.5. The molecule has 0 aliphatic heterocycles. The Labute approximate surface area is 173 Å². The minimum Gasteiger partial charge on any atom is -0.462 e. The molecule has 0 aromatic rings. The van der Waals surface area contributed by atoms with Gasteiger partial charge < -0.3 is 4.74 Å². The summed E-state index contributed by atoms with van der Waals surface area (Å²) in [5, 5.41) is 1.09. The van der Waals surface area contributed by atoms with Gasteiger partial charge in [0.1, 0.15) is 6.10 Å². The third-order valence-corrected chi connectivity index (χ3v) is 5.13. The molecule has 0 saturated carbocycles. The first kappa shape index (κ1) is 28.2. The van der Waals surface area contributed by atoms with Crippen LogP contribution in [0.4, 0.5) is 0 Å². The van der Waals surface area contributed by atoms with E-state index in [-0.39, 0.29) is 12.1 Å². The van der Waals surface area contributed by atoms with Gasteiger partial charge in [-0.1, -0.05) is 101 Å². The lowest BCUT2D eigenvalue weighted by Gasteiger charge is -2.18. The van der Waals surface area contributed by atoms with Gasteiger partial charge in [-0.05, 0) is 38.5 Å². The van der Waals surface area contributed by atoms with Crippen LogP contribution in [0.25, 0.3) is 0 Å². The molecule has 0 aliphatic carbocycles. The number of unbranched alkanes of at least 4 members (excludes halogenated alkanes) is 10. The molecule has 0 aliphatic rings. The van der Waals surface area contributed by atoms with E-state index < -0.39 is 0 Å². The van der Waals surface area contributed by atoms with E-state index in [1.807, 2.05) is 13.8 Å². The highest BCUT2D eigenvalue weighted by Crippen LogP contribution is 2.17. The zero-order valence-corrected chi connectivity index (χ0v) is 19.9. The van der Waals surface area contributed by atoms with Crippen LogP contribution in [0.15, 0.2) is 0 Å². The highest BCUT2D eigenvalue weighted by molar-refractivity contribution is 9.09. The average Bonchev–Trinajstić information content (AvgIpc) is 2.66. The lowest BCUT2D eigenvalue weighted by molar-refractivity contribution is -0.150. The Morgan fingerprint density at radius 1 is 0.731 bits per heavy atom. The lowest BCUT2D eigenvalue weighted by atomic mass is 10.0. The van der Waals surface area contributed by atoms with Crippen molar-refractivity contribution < 1.29 is 9.53 Å². The quantitative estimate of drug-likeness (QED) is 0.122. The maximum absolute atomic E-state index is 12.1. The molecule has 3 heteroatoms. The topological polar surface area (TPSA) is 26.3 Å². The second kappa shape index (κ2) is 24.9. The van der Waals surface area contributed by atoms with E-state index in [1.165, 1.54) is 70.6 Å². The number of alkyl halides is 1. The Morgan fingerprint density at radius 2 is 1.19 bits per heavy atom. The molecular weight excluding hydrogens is 388 g/mol. The van der Waals surface area contributed by atoms with Gasteiger partial charge in [0.05, 0.1) is 0 Å². The summed E-state index contributed by atoms with van der Waals surface area (Å²) in [6, 6.07) is 0. The molecule has 2 nitrogen and oxygen atoms in total. The fourth-order valence-corrected chi connectivity index (χ4v) is 3.40. The summed E-state index contributed by atoms with van der Waals surface area (Å²) in [4.78, 5) is 12.1. The van der Waals surface area contributed by atoms with E-state index in [4.69, 9.17) is 4.74 Å². The van der Waals surface area contributed by atoms with Gasteiger partial charge in [-0.15, -0.1) is 0 Å². The molecule has 0 heterocycles. The van der Waals surface area contributed by atoms with Gasteiger partial charge in [0.25, 0.3) is 0 Å². The van der Waals surface area contributed by atoms with Crippen LogP contribution < -0.4 is 0 Å². The molecule has 0 aromatic heterocycles. The SMILES string of the molecule is CC.CCCCCCC(CCCCCC)OC(=O)CCCCCCCBr. The van der Waals surface area contributed by atoms with Gasteiger partial charge in [0, 0.05) is 11.8 Å². The van der Waals surface area contributed by atoms with Crippen molar-refractivity contribution in [3.8, 4) is 0 Å². The number of carbonyl (C=O) groups excluding carboxylic acids is 1. The third kappa shape index (κ3) is 22.0. The molecule has 26 heavy (non-hydrogen) atoms. The van der Waals surface area contributed by atoms with Crippen molar-refractivity contribution in [3.63, 3.8) is 0 Å². The molecule has 0 saturated heterocycles. The first-order valence-corrected chi connectivity index (χ1v) is 12.6. The maximum Gasteiger partial charge on any atom is 0.306 e. The molecule has 0 aromatic carbocycles. The molecule has 0 unspecified atom stereocenters. The van der Waals surface area contributed by atoms with Gasteiger partial charge in [0.15, 0.2) is 0 Å². The van der Waals surface area contributed by atoms with Crippen molar-refractivity contribution in [3.05, 3.63) is 0 Å². The Hall–Kier alpha value is -0.0500. The second-order valence-corrected chi connectivity index (χ2v) is 7.81. The van der Waals surface area contributed by atoms with Crippen LogP contribution in [0, 0.1) is 0 Å². The van der Waals surface area contributed by atoms with Crippen LogP contribution in [0.3, 0.4) is 0 Å². The smallest absolute Gasteiger partial charge is 0.306 e. The van der Waals surface area contributed by atoms with Crippen molar-refractivity contribution in [1.29, 1.82) is 0 Å². The van der Waals surface area contributed by atoms with Gasteiger partial charge in [-0.25, -0.2) is 0 Å². The summed E-state index contributed by atoms with van der Waals surface area (Å²) in [6.45, 7) is 8.47. The van der Waals surface area contributed by atoms with Crippen LogP contribution in [-0.4, -0.2) is 17.4 Å². The largest absolute Gasteiger partial charge is 0.462 e. The number of hydrogen-bond acceptors (Lipinski definition) is 2. The molecule has 0 rings (SSSR count). The van der Waals surface area contributed by atoms with Crippen molar-refractivity contribution in [2.75, 3.05) is 5.33 Å². The van der Waals surface area contributed by atoms with E-state index in [9.17, 15) is 4.79 Å². The number of esters is 1. The maximum atomic E-state index is 12.1. The van der Waals surface area contributed by atoms with Crippen LogP contribution in [-0.2, 0) is 9.53 Å². The standard InChI is InChI=1S/C21H41BrO2.C2H6/c1-3-5-7-12-16-20(17-13-8-6-4-2)24-21(23)18-14-10-9-11-15-19-22;1-2/h20H,3-19H2,1-2H3;1-2H3. The number of hydrogen-bond donors (Lipinski definition) is 0. The Bertz CT molecular complexity index is 257. The zero-order chi connectivity index (χ0) is 19.9. The fourth-order valence-electron chi connectivity index (χ4n) is 3.00. The first-order chi connectivity index (χ1) is 12.7. The van der Waals surface area contributed by atoms with Crippen LogP contribution in [0.5, 0.6) is 0 Å². The van der Waals surface area contributed by atoms with E-state index in [0.29, 0.717) is 6.42 Å². The molecule has 0 radical (unpaired) electrons. The Morgan fingerprint density at radius 3 is 1.69 bits per heavy atom. The Balaban J connectivity index is 0. The number of halogens is 1. The zero-order valence-electron chi connectivity index (χ0n) is 18.3. The van der Waals surface area contributed by atoms with Gasteiger partial charge in [-0.3, -0.25) is 4.79 Å². The van der Waals surface area contributed by atoms with Gasteiger partial charge >= 0.3 is 5.97 Å². The van der Waals surface area contributed by atoms with Crippen molar-refractivity contribution in [1.82, 2.24) is 0 Å². The average molecular weight is 436 g/mol. The van der Waals surface area contributed by atoms with Crippen molar-refractivity contribution in [2.24, 2.45) is 0 Å². The Kier molecular flexibility index (Phi) is 27.0. The fraction of sp³-hybridized carbons (Fsp3) is 0.957. The predicted molar refractivity (Wildman–Crippen MR) is 120 cm³/mol. The molecule has 0 bridgehead atoms. The number of rotatable bonds is 18. The second-order valence-electron chi connectivity index (χ2n) is 7.02. The molecule has 0 amide bonds. The third-order valence-electron chi connectivity index (χ3n) is 4.57. The predicted octanol–water partition coefficient (Wildman–Crippen LogP) is 8.60. The molecule has 158 valence electrons. The van der Waals surface area contributed by atoms with Crippen LogP contribution >= 0.6 is 15.9 Å². The van der Waals surface area contributed by atoms with E-state index >= 15 is 0 Å². The van der Waals surface area contributed by atoms with E-state index in [2.05, 4.69) is 29.8 Å². The summed E-state index contributed by atoms with van der Waals surface area (Å²) in [7, 11) is 0. The van der Waals surface area contributed by atoms with Crippen molar-refractivity contribution >= 4 is 21.9 Å². The number of carbonyl (C=O) groups is 1. The summed E-state index contributed by atoms with van der Waals surface area (Å²) in [5.41, 5.74) is 0. The van der Waals surface area contributed by atoms with Gasteiger partial charge in [0.2, 0.25) is 0 Å². The molecule has 0 N–H and O–H groups in total. The van der Waals surface area contributed by atoms with Crippen LogP contribution in [0.2, 0.25) is 0 Å². The van der Waals surface area contributed by atoms with Gasteiger partial charge in [-0.2, -0.15) is 0 Å². The minimum atomic E-state index is 0.0338. The molecule has 0 spiro atoms. The number of ether oxygens (including phenoxy) is 1. The lowest BCUT2D eigenvalue weighted by Crippen LogP contribution is -2.18. The molecular formula is C23H47BrO2. The molecule has 0 atom stereocenters. The summed E-state index contributed by atoms with van der Waals surface area (Å²) >= 11 is 3.46. The van der Waals surface area contributed by atoms with E-state index in [0.717, 1.165) is 31.0 Å². The normalized spacial score (nSPS) is 10.5. The molecule has 0 fully saturated rings. The van der Waals surface area contributed by atoms with Crippen LogP contribution in [0.1, 0.15) is 130 Å². The monoisotopic (exact) mass is 434 g/mol. The minimum absolute atomic E-state index is 0.0338. The van der Waals surface area contributed by atoms with Crippen molar-refractivity contribution in [2.45, 2.75) is 137 Å². The summed E-state index contributed by atoms with van der Waals surface area (Å²) in [6.07, 6.45) is 18.8.